The van der Waals surface area contributed by atoms with Gasteiger partial charge in [0, 0.05) is 5.56 Å². The molecule has 1 nitrogen and oxygen atoms in total. The molecule has 92 valence electrons. The zero-order chi connectivity index (χ0) is 12.5. The molecule has 0 aromatic heterocycles. The highest BCUT2D eigenvalue weighted by atomic mass is 16.5. The third-order valence-electron chi connectivity index (χ3n) is 3.67. The second-order valence-corrected chi connectivity index (χ2v) is 5.80. The minimum Gasteiger partial charge on any atom is -0.496 e. The molecular formula is C16H22O. The lowest BCUT2D eigenvalue weighted by atomic mass is 9.77. The Balaban J connectivity index is 2.34. The van der Waals surface area contributed by atoms with Crippen LogP contribution in [0.4, 0.5) is 0 Å². The Bertz CT molecular complexity index is 441. The molecule has 1 heteroatoms. The number of hydrogen-bond donors (Lipinski definition) is 0. The van der Waals surface area contributed by atoms with E-state index in [4.69, 9.17) is 4.74 Å². The first-order valence-corrected chi connectivity index (χ1v) is 6.36. The number of benzene rings is 1. The summed E-state index contributed by atoms with van der Waals surface area (Å²) in [7, 11) is 1.75. The predicted molar refractivity (Wildman–Crippen MR) is 73.3 cm³/mol. The summed E-state index contributed by atoms with van der Waals surface area (Å²) >= 11 is 0. The van der Waals surface area contributed by atoms with Crippen LogP contribution in [0.25, 0.3) is 5.57 Å². The molecular weight excluding hydrogens is 208 g/mol. The Morgan fingerprint density at radius 1 is 1.24 bits per heavy atom. The van der Waals surface area contributed by atoms with E-state index in [0.29, 0.717) is 5.41 Å². The van der Waals surface area contributed by atoms with Crippen LogP contribution in [0.5, 0.6) is 5.75 Å². The van der Waals surface area contributed by atoms with Gasteiger partial charge in [-0.2, -0.15) is 0 Å². The highest BCUT2D eigenvalue weighted by Crippen LogP contribution is 2.40. The van der Waals surface area contributed by atoms with Crippen LogP contribution in [-0.4, -0.2) is 7.11 Å². The monoisotopic (exact) mass is 230 g/mol. The van der Waals surface area contributed by atoms with Gasteiger partial charge >= 0.3 is 0 Å². The maximum atomic E-state index is 5.46. The third-order valence-corrected chi connectivity index (χ3v) is 3.67. The average molecular weight is 230 g/mol. The molecule has 0 amide bonds. The van der Waals surface area contributed by atoms with E-state index >= 15 is 0 Å². The molecule has 1 aromatic carbocycles. The van der Waals surface area contributed by atoms with Gasteiger partial charge in [-0.1, -0.05) is 31.6 Å². The molecule has 0 spiro atoms. The molecule has 1 aliphatic carbocycles. The number of hydrogen-bond acceptors (Lipinski definition) is 1. The fraction of sp³-hybridized carbons (Fsp3) is 0.500. The molecule has 1 aromatic rings. The minimum absolute atomic E-state index is 0.459. The van der Waals surface area contributed by atoms with Gasteiger partial charge in [0.2, 0.25) is 0 Å². The van der Waals surface area contributed by atoms with E-state index in [-0.39, 0.29) is 0 Å². The van der Waals surface area contributed by atoms with Crippen LogP contribution in [0.1, 0.15) is 44.2 Å². The zero-order valence-electron chi connectivity index (χ0n) is 11.3. The van der Waals surface area contributed by atoms with Gasteiger partial charge in [0.25, 0.3) is 0 Å². The van der Waals surface area contributed by atoms with E-state index in [2.05, 4.69) is 45.0 Å². The molecule has 0 saturated heterocycles. The van der Waals surface area contributed by atoms with Crippen molar-refractivity contribution < 1.29 is 4.74 Å². The van der Waals surface area contributed by atoms with Crippen molar-refractivity contribution in [2.24, 2.45) is 5.41 Å². The van der Waals surface area contributed by atoms with Crippen molar-refractivity contribution in [3.05, 3.63) is 35.4 Å². The van der Waals surface area contributed by atoms with Crippen molar-refractivity contribution in [2.75, 3.05) is 7.11 Å². The number of rotatable bonds is 2. The van der Waals surface area contributed by atoms with E-state index < -0.39 is 0 Å². The van der Waals surface area contributed by atoms with Gasteiger partial charge in [0.1, 0.15) is 5.75 Å². The van der Waals surface area contributed by atoms with Crippen LogP contribution in [0.15, 0.2) is 24.3 Å². The molecule has 1 aliphatic rings. The first-order chi connectivity index (χ1) is 8.02. The van der Waals surface area contributed by atoms with Crippen molar-refractivity contribution >= 4 is 5.57 Å². The van der Waals surface area contributed by atoms with Gasteiger partial charge < -0.3 is 4.74 Å². The predicted octanol–water partition coefficient (Wildman–Crippen LogP) is 4.60. The lowest BCUT2D eigenvalue weighted by molar-refractivity contribution is 0.334. The van der Waals surface area contributed by atoms with Crippen molar-refractivity contribution in [3.63, 3.8) is 0 Å². The highest BCUT2D eigenvalue weighted by Gasteiger charge is 2.23. The maximum absolute atomic E-state index is 5.46. The van der Waals surface area contributed by atoms with Crippen LogP contribution in [0.2, 0.25) is 0 Å². The van der Waals surface area contributed by atoms with Crippen LogP contribution in [0.3, 0.4) is 0 Å². The summed E-state index contributed by atoms with van der Waals surface area (Å²) in [5.41, 5.74) is 4.49. The smallest absolute Gasteiger partial charge is 0.126 e. The average Bonchev–Trinajstić information content (AvgIpc) is 2.29. The molecule has 0 radical (unpaired) electrons. The van der Waals surface area contributed by atoms with Crippen molar-refractivity contribution in [3.8, 4) is 5.75 Å². The quantitative estimate of drug-likeness (QED) is 0.721. The van der Waals surface area contributed by atoms with Crippen molar-refractivity contribution in [1.82, 2.24) is 0 Å². The normalized spacial score (nSPS) is 18.7. The van der Waals surface area contributed by atoms with Crippen LogP contribution < -0.4 is 4.74 Å². The maximum Gasteiger partial charge on any atom is 0.126 e. The molecule has 0 heterocycles. The summed E-state index contributed by atoms with van der Waals surface area (Å²) in [6, 6.07) is 6.42. The zero-order valence-corrected chi connectivity index (χ0v) is 11.3. The Kier molecular flexibility index (Phi) is 3.28. The SMILES string of the molecule is COc1ccc(C)cc1C1=CCC(C)(C)CC1. The van der Waals surface area contributed by atoms with E-state index in [1.165, 1.54) is 29.5 Å². The highest BCUT2D eigenvalue weighted by molar-refractivity contribution is 5.71. The molecule has 0 fully saturated rings. The first-order valence-electron chi connectivity index (χ1n) is 6.36. The van der Waals surface area contributed by atoms with Crippen LogP contribution >= 0.6 is 0 Å². The molecule has 0 saturated carbocycles. The fourth-order valence-corrected chi connectivity index (χ4v) is 2.39. The summed E-state index contributed by atoms with van der Waals surface area (Å²) in [5.74, 6) is 1.00. The van der Waals surface area contributed by atoms with E-state index in [1.54, 1.807) is 7.11 Å². The van der Waals surface area contributed by atoms with E-state index in [1.807, 2.05) is 0 Å². The van der Waals surface area contributed by atoms with Gasteiger partial charge in [-0.3, -0.25) is 0 Å². The van der Waals surface area contributed by atoms with E-state index in [9.17, 15) is 0 Å². The third kappa shape index (κ3) is 2.71. The molecule has 0 bridgehead atoms. The standard InChI is InChI=1S/C16H22O/c1-12-5-6-15(17-4)14(11-12)13-7-9-16(2,3)10-8-13/h5-7,11H,8-10H2,1-4H3. The molecule has 0 N–H and O–H groups in total. The molecule has 0 unspecified atom stereocenters. The molecule has 2 rings (SSSR count). The number of methoxy groups -OCH3 is 1. The molecule has 0 aliphatic heterocycles. The topological polar surface area (TPSA) is 9.23 Å². The van der Waals surface area contributed by atoms with Gasteiger partial charge in [-0.15, -0.1) is 0 Å². The summed E-state index contributed by atoms with van der Waals surface area (Å²) in [6.07, 6.45) is 5.98. The summed E-state index contributed by atoms with van der Waals surface area (Å²) in [6.45, 7) is 6.82. The molecule has 17 heavy (non-hydrogen) atoms. The number of allylic oxidation sites excluding steroid dienone is 2. The van der Waals surface area contributed by atoms with Crippen molar-refractivity contribution in [1.29, 1.82) is 0 Å². The number of aryl methyl sites for hydroxylation is 1. The lowest BCUT2D eigenvalue weighted by Gasteiger charge is -2.29. The lowest BCUT2D eigenvalue weighted by Crippen LogP contribution is -2.14. The van der Waals surface area contributed by atoms with Gasteiger partial charge in [-0.05, 0) is 49.3 Å². The van der Waals surface area contributed by atoms with Crippen LogP contribution in [0, 0.1) is 12.3 Å². The summed E-state index contributed by atoms with van der Waals surface area (Å²) in [5, 5.41) is 0. The van der Waals surface area contributed by atoms with Gasteiger partial charge in [-0.25, -0.2) is 0 Å². The Hall–Kier alpha value is -1.24. The molecule has 0 atom stereocenters. The van der Waals surface area contributed by atoms with Gasteiger partial charge in [0.15, 0.2) is 0 Å². The Morgan fingerprint density at radius 2 is 2.00 bits per heavy atom. The Labute approximate surface area is 104 Å². The second kappa shape index (κ2) is 4.56. The second-order valence-electron chi connectivity index (χ2n) is 5.80. The largest absolute Gasteiger partial charge is 0.496 e. The van der Waals surface area contributed by atoms with E-state index in [0.717, 1.165) is 12.2 Å². The fourth-order valence-electron chi connectivity index (χ4n) is 2.39. The minimum atomic E-state index is 0.459. The number of ether oxygens (including phenoxy) is 1. The van der Waals surface area contributed by atoms with Crippen LogP contribution in [-0.2, 0) is 0 Å². The summed E-state index contributed by atoms with van der Waals surface area (Å²) < 4.78 is 5.46. The Morgan fingerprint density at radius 3 is 2.59 bits per heavy atom. The first kappa shape index (κ1) is 12.2. The van der Waals surface area contributed by atoms with Gasteiger partial charge in [0.05, 0.1) is 7.11 Å². The van der Waals surface area contributed by atoms with Crippen molar-refractivity contribution in [2.45, 2.75) is 40.0 Å². The summed E-state index contributed by atoms with van der Waals surface area (Å²) in [4.78, 5) is 0.